The molecule has 1 amide bonds. The molecule has 4 nitrogen and oxygen atoms in total. The van der Waals surface area contributed by atoms with Gasteiger partial charge >= 0.3 is 0 Å². The molecule has 1 aromatic heterocycles. The number of rotatable bonds is 5. The van der Waals surface area contributed by atoms with Gasteiger partial charge in [0.15, 0.2) is 0 Å². The van der Waals surface area contributed by atoms with Crippen LogP contribution in [0, 0.1) is 6.92 Å². The number of nitrogens with one attached hydrogen (secondary N) is 1. The summed E-state index contributed by atoms with van der Waals surface area (Å²) in [7, 11) is 0. The van der Waals surface area contributed by atoms with Crippen LogP contribution < -0.4 is 10.1 Å². The zero-order valence-electron chi connectivity index (χ0n) is 15.9. The number of carbonyl (C=O) groups excluding carboxylic acids is 1. The Kier molecular flexibility index (Phi) is 5.79. The van der Waals surface area contributed by atoms with Crippen molar-refractivity contribution in [2.24, 2.45) is 0 Å². The van der Waals surface area contributed by atoms with Gasteiger partial charge in [-0.3, -0.25) is 4.79 Å². The van der Waals surface area contributed by atoms with Crippen LogP contribution in [0.25, 0.3) is 0 Å². The van der Waals surface area contributed by atoms with Gasteiger partial charge in [0.05, 0.1) is 16.7 Å². The molecule has 27 heavy (non-hydrogen) atoms. The molecule has 1 fully saturated rings. The van der Waals surface area contributed by atoms with Gasteiger partial charge in [0, 0.05) is 11.5 Å². The first kappa shape index (κ1) is 18.5. The highest BCUT2D eigenvalue weighted by Crippen LogP contribution is 2.31. The van der Waals surface area contributed by atoms with E-state index in [4.69, 9.17) is 9.47 Å². The van der Waals surface area contributed by atoms with Gasteiger partial charge in [-0.15, -0.1) is 11.3 Å². The molecule has 0 spiro atoms. The van der Waals surface area contributed by atoms with E-state index in [0.29, 0.717) is 6.61 Å². The van der Waals surface area contributed by atoms with Crippen molar-refractivity contribution in [2.75, 3.05) is 18.5 Å². The van der Waals surface area contributed by atoms with E-state index in [9.17, 15) is 4.79 Å². The number of aryl methyl sites for hydroxylation is 3. The number of anilines is 1. The first-order chi connectivity index (χ1) is 13.2. The molecule has 2 heterocycles. The maximum absolute atomic E-state index is 12.8. The van der Waals surface area contributed by atoms with Crippen LogP contribution in [0.5, 0.6) is 5.75 Å². The minimum absolute atomic E-state index is 0.0427. The number of ether oxygens (including phenoxy) is 2. The maximum Gasteiger partial charge on any atom is 0.265 e. The van der Waals surface area contributed by atoms with Crippen LogP contribution in [0.15, 0.2) is 24.3 Å². The van der Waals surface area contributed by atoms with Crippen molar-refractivity contribution >= 4 is 22.9 Å². The molecule has 1 saturated heterocycles. The minimum Gasteiger partial charge on any atom is -0.489 e. The van der Waals surface area contributed by atoms with E-state index in [1.807, 2.05) is 25.1 Å². The summed E-state index contributed by atoms with van der Waals surface area (Å²) >= 11 is 1.65. The third kappa shape index (κ3) is 4.53. The SMILES string of the molecule is Cc1ccc(NC(=O)c2cc3c(s2)CCCCC3)c(OC[C@H]2CCCO2)c1. The zero-order valence-corrected chi connectivity index (χ0v) is 16.7. The molecule has 0 saturated carbocycles. The van der Waals surface area contributed by atoms with Gasteiger partial charge in [-0.05, 0) is 74.8 Å². The Balaban J connectivity index is 1.47. The number of carbonyl (C=O) groups is 1. The quantitative estimate of drug-likeness (QED) is 0.725. The predicted octanol–water partition coefficient (Wildman–Crippen LogP) is 5.14. The van der Waals surface area contributed by atoms with E-state index in [1.54, 1.807) is 11.3 Å². The Bertz CT molecular complexity index is 784. The monoisotopic (exact) mass is 385 g/mol. The third-order valence-corrected chi connectivity index (χ3v) is 6.54. The lowest BCUT2D eigenvalue weighted by molar-refractivity contribution is 0.0681. The molecule has 4 rings (SSSR count). The molecule has 1 aliphatic heterocycles. The molecule has 1 aromatic carbocycles. The summed E-state index contributed by atoms with van der Waals surface area (Å²) in [6, 6.07) is 7.99. The summed E-state index contributed by atoms with van der Waals surface area (Å²) in [6.07, 6.45) is 8.23. The van der Waals surface area contributed by atoms with Crippen molar-refractivity contribution in [1.82, 2.24) is 0 Å². The topological polar surface area (TPSA) is 47.6 Å². The first-order valence-electron chi connectivity index (χ1n) is 9.97. The average molecular weight is 386 g/mol. The molecule has 0 radical (unpaired) electrons. The molecule has 1 N–H and O–H groups in total. The Labute approximate surface area is 164 Å². The van der Waals surface area contributed by atoms with Crippen molar-refractivity contribution in [3.8, 4) is 5.75 Å². The van der Waals surface area contributed by atoms with Gasteiger partial charge in [-0.25, -0.2) is 0 Å². The Morgan fingerprint density at radius 2 is 2.11 bits per heavy atom. The van der Waals surface area contributed by atoms with Crippen LogP contribution in [0.4, 0.5) is 5.69 Å². The largest absolute Gasteiger partial charge is 0.489 e. The van der Waals surface area contributed by atoms with Gasteiger partial charge < -0.3 is 14.8 Å². The van der Waals surface area contributed by atoms with E-state index in [2.05, 4.69) is 11.4 Å². The number of thiophene rings is 1. The molecule has 1 atom stereocenters. The van der Waals surface area contributed by atoms with E-state index >= 15 is 0 Å². The molecular weight excluding hydrogens is 358 g/mol. The fourth-order valence-electron chi connectivity index (χ4n) is 3.77. The molecule has 0 unspecified atom stereocenters. The van der Waals surface area contributed by atoms with Crippen LogP contribution in [0.2, 0.25) is 0 Å². The van der Waals surface area contributed by atoms with Gasteiger partial charge in [0.2, 0.25) is 0 Å². The highest BCUT2D eigenvalue weighted by atomic mass is 32.1. The predicted molar refractivity (Wildman–Crippen MR) is 109 cm³/mol. The van der Waals surface area contributed by atoms with Gasteiger partial charge in [0.25, 0.3) is 5.91 Å². The maximum atomic E-state index is 12.8. The average Bonchev–Trinajstić information content (AvgIpc) is 3.27. The Morgan fingerprint density at radius 3 is 2.96 bits per heavy atom. The minimum atomic E-state index is -0.0427. The summed E-state index contributed by atoms with van der Waals surface area (Å²) in [5.74, 6) is 0.677. The molecule has 5 heteroatoms. The highest BCUT2D eigenvalue weighted by molar-refractivity contribution is 7.14. The molecule has 144 valence electrons. The summed E-state index contributed by atoms with van der Waals surface area (Å²) in [6.45, 7) is 3.37. The van der Waals surface area contributed by atoms with Gasteiger partial charge in [-0.2, -0.15) is 0 Å². The van der Waals surface area contributed by atoms with Crippen LogP contribution >= 0.6 is 11.3 Å². The summed E-state index contributed by atoms with van der Waals surface area (Å²) in [5.41, 5.74) is 3.20. The van der Waals surface area contributed by atoms with Crippen LogP contribution in [0.1, 0.15) is 57.8 Å². The van der Waals surface area contributed by atoms with Crippen molar-refractivity contribution in [2.45, 2.75) is 58.0 Å². The van der Waals surface area contributed by atoms with Gasteiger partial charge in [0.1, 0.15) is 12.4 Å². The molecular formula is C22H27NO3S. The highest BCUT2D eigenvalue weighted by Gasteiger charge is 2.19. The van der Waals surface area contributed by atoms with Crippen LogP contribution in [0.3, 0.4) is 0 Å². The van der Waals surface area contributed by atoms with Crippen molar-refractivity contribution in [3.05, 3.63) is 45.1 Å². The van der Waals surface area contributed by atoms with E-state index in [0.717, 1.165) is 54.2 Å². The standard InChI is InChI=1S/C22H27NO3S/c1-15-9-10-18(19(12-15)26-14-17-7-5-11-25-17)23-22(24)21-13-16-6-3-2-4-8-20(16)27-21/h9-10,12-13,17H,2-8,11,14H2,1H3,(H,23,24)/t17-/m1/s1. The summed E-state index contributed by atoms with van der Waals surface area (Å²) in [4.78, 5) is 15.0. The number of amides is 1. The van der Waals surface area contributed by atoms with Gasteiger partial charge in [-0.1, -0.05) is 12.5 Å². The molecule has 2 aromatic rings. The Hall–Kier alpha value is -1.85. The number of hydrogen-bond donors (Lipinski definition) is 1. The van der Waals surface area contributed by atoms with Crippen molar-refractivity contribution < 1.29 is 14.3 Å². The zero-order chi connectivity index (χ0) is 18.6. The second-order valence-corrected chi connectivity index (χ2v) is 8.66. The fraction of sp³-hybridized carbons (Fsp3) is 0.500. The first-order valence-corrected chi connectivity index (χ1v) is 10.8. The Morgan fingerprint density at radius 1 is 1.22 bits per heavy atom. The van der Waals surface area contributed by atoms with E-state index < -0.39 is 0 Å². The fourth-order valence-corrected chi connectivity index (χ4v) is 4.92. The van der Waals surface area contributed by atoms with Crippen LogP contribution in [-0.4, -0.2) is 25.2 Å². The number of hydrogen-bond acceptors (Lipinski definition) is 4. The van der Waals surface area contributed by atoms with E-state index in [1.165, 1.54) is 29.7 Å². The molecule has 2 aliphatic rings. The summed E-state index contributed by atoms with van der Waals surface area (Å²) < 4.78 is 11.6. The van der Waals surface area contributed by atoms with Crippen molar-refractivity contribution in [3.63, 3.8) is 0 Å². The summed E-state index contributed by atoms with van der Waals surface area (Å²) in [5, 5.41) is 3.06. The number of fused-ring (bicyclic) bond motifs is 1. The second kappa shape index (κ2) is 8.44. The van der Waals surface area contributed by atoms with Crippen molar-refractivity contribution in [1.29, 1.82) is 0 Å². The normalized spacial score (nSPS) is 19.4. The van der Waals surface area contributed by atoms with E-state index in [-0.39, 0.29) is 12.0 Å². The third-order valence-electron chi connectivity index (χ3n) is 5.30. The lowest BCUT2D eigenvalue weighted by Gasteiger charge is -2.15. The molecule has 0 bridgehead atoms. The molecule has 1 aliphatic carbocycles. The second-order valence-electron chi connectivity index (χ2n) is 7.52. The van der Waals surface area contributed by atoms with Crippen LogP contribution in [-0.2, 0) is 17.6 Å². The lowest BCUT2D eigenvalue weighted by atomic mass is 10.1. The lowest BCUT2D eigenvalue weighted by Crippen LogP contribution is -2.18. The number of benzene rings is 1. The smallest absolute Gasteiger partial charge is 0.265 e.